The van der Waals surface area contributed by atoms with Crippen LogP contribution in [0.4, 0.5) is 0 Å². The Morgan fingerprint density at radius 3 is 1.94 bits per heavy atom. The minimum Gasteiger partial charge on any atom is -0.478 e. The van der Waals surface area contributed by atoms with Crippen LogP contribution in [0, 0.1) is 0 Å². The van der Waals surface area contributed by atoms with E-state index in [0.29, 0.717) is 0 Å². The summed E-state index contributed by atoms with van der Waals surface area (Å²) in [6.45, 7) is 4.26. The molecule has 0 atom stereocenters. The molecule has 0 fully saturated rings. The molecule has 1 N–H and O–H groups in total. The summed E-state index contributed by atoms with van der Waals surface area (Å²) in [5.74, 6) is -0.804. The van der Waals surface area contributed by atoms with Gasteiger partial charge in [0, 0.05) is 6.08 Å². The SMILES string of the molecule is CCCCCCCCCCC(=CC(=O)O)CC. The maximum absolute atomic E-state index is 10.5. The second kappa shape index (κ2) is 11.7. The topological polar surface area (TPSA) is 37.3 Å². The Labute approximate surface area is 106 Å². The van der Waals surface area contributed by atoms with E-state index in [1.165, 1.54) is 51.0 Å². The average Bonchev–Trinajstić information content (AvgIpc) is 2.30. The summed E-state index contributed by atoms with van der Waals surface area (Å²) >= 11 is 0. The Morgan fingerprint density at radius 1 is 0.941 bits per heavy atom. The van der Waals surface area contributed by atoms with E-state index in [1.54, 1.807) is 0 Å². The van der Waals surface area contributed by atoms with Gasteiger partial charge < -0.3 is 5.11 Å². The van der Waals surface area contributed by atoms with Crippen LogP contribution in [0.2, 0.25) is 0 Å². The molecule has 0 amide bonds. The molecule has 0 aromatic heterocycles. The zero-order valence-corrected chi connectivity index (χ0v) is 11.5. The molecule has 0 aliphatic rings. The Morgan fingerprint density at radius 2 is 1.47 bits per heavy atom. The molecule has 100 valence electrons. The lowest BCUT2D eigenvalue weighted by atomic mass is 10.0. The Hall–Kier alpha value is -0.790. The van der Waals surface area contributed by atoms with Crippen LogP contribution < -0.4 is 0 Å². The van der Waals surface area contributed by atoms with Crippen molar-refractivity contribution < 1.29 is 9.90 Å². The summed E-state index contributed by atoms with van der Waals surface area (Å²) < 4.78 is 0. The van der Waals surface area contributed by atoms with E-state index >= 15 is 0 Å². The van der Waals surface area contributed by atoms with Crippen LogP contribution in [0.15, 0.2) is 11.6 Å². The van der Waals surface area contributed by atoms with Gasteiger partial charge in [-0.3, -0.25) is 0 Å². The molecule has 0 unspecified atom stereocenters. The molecule has 0 spiro atoms. The Kier molecular flexibility index (Phi) is 11.1. The highest BCUT2D eigenvalue weighted by atomic mass is 16.4. The minimum absolute atomic E-state index is 0.804. The average molecular weight is 240 g/mol. The molecule has 0 rings (SSSR count). The minimum atomic E-state index is -0.804. The smallest absolute Gasteiger partial charge is 0.328 e. The molecule has 2 nitrogen and oxygen atoms in total. The molecule has 0 aromatic carbocycles. The highest BCUT2D eigenvalue weighted by Crippen LogP contribution is 2.14. The van der Waals surface area contributed by atoms with Crippen LogP contribution in [0.5, 0.6) is 0 Å². The fourth-order valence-electron chi connectivity index (χ4n) is 2.01. The van der Waals surface area contributed by atoms with E-state index in [-0.39, 0.29) is 0 Å². The second-order valence-corrected chi connectivity index (χ2v) is 4.72. The van der Waals surface area contributed by atoms with Gasteiger partial charge in [0.1, 0.15) is 0 Å². The van der Waals surface area contributed by atoms with Crippen molar-refractivity contribution in [1.29, 1.82) is 0 Å². The molecule has 2 heteroatoms. The van der Waals surface area contributed by atoms with Gasteiger partial charge in [-0.1, -0.05) is 64.4 Å². The van der Waals surface area contributed by atoms with Gasteiger partial charge in [-0.2, -0.15) is 0 Å². The van der Waals surface area contributed by atoms with Crippen molar-refractivity contribution in [3.8, 4) is 0 Å². The highest BCUT2D eigenvalue weighted by Gasteiger charge is 1.98. The van der Waals surface area contributed by atoms with E-state index in [1.807, 2.05) is 6.92 Å². The lowest BCUT2D eigenvalue weighted by Gasteiger charge is -2.04. The zero-order chi connectivity index (χ0) is 12.9. The predicted molar refractivity (Wildman–Crippen MR) is 73.2 cm³/mol. The number of rotatable bonds is 11. The highest BCUT2D eigenvalue weighted by molar-refractivity contribution is 5.80. The summed E-state index contributed by atoms with van der Waals surface area (Å²) in [4.78, 5) is 10.5. The lowest BCUT2D eigenvalue weighted by molar-refractivity contribution is -0.131. The van der Waals surface area contributed by atoms with Crippen LogP contribution >= 0.6 is 0 Å². The molecule has 0 aromatic rings. The summed E-state index contributed by atoms with van der Waals surface area (Å²) in [7, 11) is 0. The number of carboxylic acid groups (broad SMARTS) is 1. The molecule has 0 heterocycles. The summed E-state index contributed by atoms with van der Waals surface area (Å²) in [5, 5.41) is 8.66. The third-order valence-electron chi connectivity index (χ3n) is 3.13. The Balaban J connectivity index is 3.40. The van der Waals surface area contributed by atoms with Crippen molar-refractivity contribution >= 4 is 5.97 Å². The number of hydrogen-bond acceptors (Lipinski definition) is 1. The summed E-state index contributed by atoms with van der Waals surface area (Å²) in [5.41, 5.74) is 1.07. The molecule has 0 bridgehead atoms. The number of hydrogen-bond donors (Lipinski definition) is 1. The van der Waals surface area contributed by atoms with Crippen molar-refractivity contribution in [2.45, 2.75) is 78.1 Å². The van der Waals surface area contributed by atoms with Gasteiger partial charge in [0.15, 0.2) is 0 Å². The quantitative estimate of drug-likeness (QED) is 0.410. The van der Waals surface area contributed by atoms with E-state index < -0.39 is 5.97 Å². The normalized spacial score (nSPS) is 11.8. The first-order valence-electron chi connectivity index (χ1n) is 7.13. The summed E-state index contributed by atoms with van der Waals surface area (Å²) in [6.07, 6.45) is 13.6. The van der Waals surface area contributed by atoms with Crippen molar-refractivity contribution in [1.82, 2.24) is 0 Å². The van der Waals surface area contributed by atoms with Crippen LogP contribution in [-0.2, 0) is 4.79 Å². The third-order valence-corrected chi connectivity index (χ3v) is 3.13. The molecule has 0 saturated carbocycles. The number of allylic oxidation sites excluding steroid dienone is 1. The second-order valence-electron chi connectivity index (χ2n) is 4.72. The third kappa shape index (κ3) is 11.5. The first kappa shape index (κ1) is 16.2. The van der Waals surface area contributed by atoms with Crippen molar-refractivity contribution in [3.63, 3.8) is 0 Å². The first-order chi connectivity index (χ1) is 8.20. The van der Waals surface area contributed by atoms with Crippen LogP contribution in [0.1, 0.15) is 78.1 Å². The maximum atomic E-state index is 10.5. The first-order valence-corrected chi connectivity index (χ1v) is 7.13. The molecule has 0 aliphatic carbocycles. The molecular formula is C15H28O2. The van der Waals surface area contributed by atoms with E-state index in [0.717, 1.165) is 24.8 Å². The number of carbonyl (C=O) groups is 1. The van der Waals surface area contributed by atoms with Gasteiger partial charge in [0.05, 0.1) is 0 Å². The monoisotopic (exact) mass is 240 g/mol. The predicted octanol–water partition coefficient (Wildman–Crippen LogP) is 4.94. The molecule has 0 saturated heterocycles. The van der Waals surface area contributed by atoms with Crippen LogP contribution in [-0.4, -0.2) is 11.1 Å². The van der Waals surface area contributed by atoms with Gasteiger partial charge in [-0.25, -0.2) is 4.79 Å². The standard InChI is InChI=1S/C15H28O2/c1-3-5-6-7-8-9-10-11-12-14(4-2)13-15(16)17/h13H,3-12H2,1-2H3,(H,16,17). The Bertz CT molecular complexity index is 219. The van der Waals surface area contributed by atoms with Crippen LogP contribution in [0.25, 0.3) is 0 Å². The number of unbranched alkanes of at least 4 members (excludes halogenated alkanes) is 7. The van der Waals surface area contributed by atoms with Gasteiger partial charge in [0.25, 0.3) is 0 Å². The van der Waals surface area contributed by atoms with Gasteiger partial charge >= 0.3 is 5.97 Å². The molecular weight excluding hydrogens is 212 g/mol. The van der Waals surface area contributed by atoms with E-state index in [4.69, 9.17) is 5.11 Å². The number of carboxylic acids is 1. The van der Waals surface area contributed by atoms with Crippen molar-refractivity contribution in [3.05, 3.63) is 11.6 Å². The van der Waals surface area contributed by atoms with Gasteiger partial charge in [0.2, 0.25) is 0 Å². The molecule has 0 aliphatic heterocycles. The molecule has 0 radical (unpaired) electrons. The fraction of sp³-hybridized carbons (Fsp3) is 0.800. The van der Waals surface area contributed by atoms with Crippen LogP contribution in [0.3, 0.4) is 0 Å². The van der Waals surface area contributed by atoms with E-state index in [9.17, 15) is 4.79 Å². The van der Waals surface area contributed by atoms with Crippen molar-refractivity contribution in [2.75, 3.05) is 0 Å². The summed E-state index contributed by atoms with van der Waals surface area (Å²) in [6, 6.07) is 0. The number of aliphatic carboxylic acids is 1. The fourth-order valence-corrected chi connectivity index (χ4v) is 2.01. The maximum Gasteiger partial charge on any atom is 0.328 e. The van der Waals surface area contributed by atoms with Crippen molar-refractivity contribution in [2.24, 2.45) is 0 Å². The largest absolute Gasteiger partial charge is 0.478 e. The van der Waals surface area contributed by atoms with Gasteiger partial charge in [-0.15, -0.1) is 0 Å². The van der Waals surface area contributed by atoms with E-state index in [2.05, 4.69) is 6.92 Å². The zero-order valence-electron chi connectivity index (χ0n) is 11.5. The lowest BCUT2D eigenvalue weighted by Crippen LogP contribution is -1.92. The molecule has 17 heavy (non-hydrogen) atoms. The van der Waals surface area contributed by atoms with Gasteiger partial charge in [-0.05, 0) is 19.3 Å².